The van der Waals surface area contributed by atoms with Crippen LogP contribution < -0.4 is 0 Å². The van der Waals surface area contributed by atoms with E-state index >= 15 is 0 Å². The number of likely N-dealkylation sites (tertiary alicyclic amines) is 1. The molecule has 0 saturated carbocycles. The first-order valence-corrected chi connectivity index (χ1v) is 7.09. The van der Waals surface area contributed by atoms with E-state index in [9.17, 15) is 9.59 Å². The molecule has 0 bridgehead atoms. The lowest BCUT2D eigenvalue weighted by Crippen LogP contribution is -2.44. The maximum Gasteiger partial charge on any atom is 0.374 e. The van der Waals surface area contributed by atoms with Crippen LogP contribution in [0.15, 0.2) is 21.2 Å². The number of nitrogens with zero attached hydrogens (tertiary/aromatic N) is 1. The fourth-order valence-corrected chi connectivity index (χ4v) is 2.48. The smallest absolute Gasteiger partial charge is 0.374 e. The van der Waals surface area contributed by atoms with Gasteiger partial charge in [-0.3, -0.25) is 4.79 Å². The Labute approximate surface area is 120 Å². The van der Waals surface area contributed by atoms with Gasteiger partial charge in [-0.1, -0.05) is 0 Å². The average Bonchev–Trinajstić information content (AvgIpc) is 2.83. The summed E-state index contributed by atoms with van der Waals surface area (Å²) in [6, 6.07) is 3.32. The quantitative estimate of drug-likeness (QED) is 0.800. The van der Waals surface area contributed by atoms with Crippen LogP contribution in [0.2, 0.25) is 0 Å². The monoisotopic (exact) mass is 329 g/mol. The highest BCUT2D eigenvalue weighted by atomic mass is 79.9. The Balaban J connectivity index is 1.84. The molecule has 1 aliphatic heterocycles. The second kappa shape index (κ2) is 6.23. The number of ether oxygens (including phenoxy) is 1. The fraction of sp³-hybridized carbons (Fsp3) is 0.538. The van der Waals surface area contributed by atoms with Gasteiger partial charge in [0.15, 0.2) is 11.3 Å². The van der Waals surface area contributed by atoms with E-state index in [2.05, 4.69) is 15.9 Å². The van der Waals surface area contributed by atoms with Crippen molar-refractivity contribution in [1.29, 1.82) is 0 Å². The van der Waals surface area contributed by atoms with Crippen LogP contribution in [0.4, 0.5) is 0 Å². The van der Waals surface area contributed by atoms with Crippen LogP contribution in [-0.4, -0.2) is 36.0 Å². The molecule has 1 aliphatic rings. The summed E-state index contributed by atoms with van der Waals surface area (Å²) in [5.74, 6) is -0.679. The maximum absolute atomic E-state index is 12.0. The number of halogens is 1. The molecule has 19 heavy (non-hydrogen) atoms. The van der Waals surface area contributed by atoms with E-state index < -0.39 is 5.97 Å². The van der Waals surface area contributed by atoms with Crippen LogP contribution in [-0.2, 0) is 9.53 Å². The normalized spacial score (nSPS) is 19.3. The third-order valence-electron chi connectivity index (χ3n) is 3.22. The Morgan fingerprint density at radius 2 is 2.26 bits per heavy atom. The van der Waals surface area contributed by atoms with Gasteiger partial charge in [-0.05, 0) is 54.2 Å². The first-order valence-electron chi connectivity index (χ1n) is 6.30. The molecule has 1 atom stereocenters. The topological polar surface area (TPSA) is 59.8 Å². The van der Waals surface area contributed by atoms with Crippen LogP contribution >= 0.6 is 15.9 Å². The van der Waals surface area contributed by atoms with E-state index in [1.54, 1.807) is 11.0 Å². The highest BCUT2D eigenvalue weighted by molar-refractivity contribution is 9.10. The molecule has 1 aromatic heterocycles. The Bertz CT molecular complexity index is 471. The number of rotatable bonds is 3. The summed E-state index contributed by atoms with van der Waals surface area (Å²) in [5, 5.41) is 0. The molecule has 0 radical (unpaired) electrons. The zero-order chi connectivity index (χ0) is 13.8. The van der Waals surface area contributed by atoms with Gasteiger partial charge in [0.05, 0.1) is 0 Å². The summed E-state index contributed by atoms with van der Waals surface area (Å²) in [7, 11) is 0. The molecule has 2 rings (SSSR count). The molecule has 0 spiro atoms. The van der Waals surface area contributed by atoms with E-state index in [1.807, 2.05) is 6.92 Å². The molecule has 0 aliphatic carbocycles. The molecule has 1 unspecified atom stereocenters. The minimum atomic E-state index is -0.622. The largest absolute Gasteiger partial charge is 0.450 e. The predicted octanol–water partition coefficient (Wildman–Crippen LogP) is 2.60. The van der Waals surface area contributed by atoms with Crippen molar-refractivity contribution in [2.24, 2.45) is 0 Å². The third kappa shape index (κ3) is 3.59. The van der Waals surface area contributed by atoms with Crippen molar-refractivity contribution in [3.63, 3.8) is 0 Å². The molecule has 2 heterocycles. The van der Waals surface area contributed by atoms with Gasteiger partial charge in [-0.25, -0.2) is 4.79 Å². The number of amides is 1. The van der Waals surface area contributed by atoms with Gasteiger partial charge in [0.1, 0.15) is 0 Å². The lowest BCUT2D eigenvalue weighted by atomic mass is 10.0. The second-order valence-corrected chi connectivity index (χ2v) is 5.39. The molecular formula is C13H16BrNO4. The third-order valence-corrected chi connectivity index (χ3v) is 3.65. The van der Waals surface area contributed by atoms with Gasteiger partial charge < -0.3 is 14.1 Å². The van der Waals surface area contributed by atoms with E-state index in [-0.39, 0.29) is 24.3 Å². The molecular weight excluding hydrogens is 314 g/mol. The van der Waals surface area contributed by atoms with Crippen molar-refractivity contribution < 1.29 is 18.7 Å². The number of carbonyl (C=O) groups excluding carboxylic acids is 2. The van der Waals surface area contributed by atoms with Crippen LogP contribution in [0.25, 0.3) is 0 Å². The second-order valence-electron chi connectivity index (χ2n) is 4.61. The van der Waals surface area contributed by atoms with E-state index in [4.69, 9.17) is 9.15 Å². The number of furan rings is 1. The minimum absolute atomic E-state index is 0.0892. The summed E-state index contributed by atoms with van der Waals surface area (Å²) in [6.45, 7) is 2.52. The van der Waals surface area contributed by atoms with Crippen molar-refractivity contribution in [2.75, 3.05) is 13.2 Å². The molecule has 1 amide bonds. The fourth-order valence-electron chi connectivity index (χ4n) is 2.17. The van der Waals surface area contributed by atoms with E-state index in [0.717, 1.165) is 25.8 Å². The standard InChI is InChI=1S/C13H16BrNO4/c1-9-4-2-3-7-15(9)12(16)8-18-13(17)10-5-6-11(14)19-10/h5-6,9H,2-4,7-8H2,1H3. The maximum atomic E-state index is 12.0. The number of hydrogen-bond donors (Lipinski definition) is 0. The van der Waals surface area contributed by atoms with Gasteiger partial charge in [0, 0.05) is 12.6 Å². The van der Waals surface area contributed by atoms with Crippen LogP contribution in [0.3, 0.4) is 0 Å². The minimum Gasteiger partial charge on any atom is -0.450 e. The van der Waals surface area contributed by atoms with Crippen molar-refractivity contribution in [2.45, 2.75) is 32.2 Å². The lowest BCUT2D eigenvalue weighted by Gasteiger charge is -2.33. The SMILES string of the molecule is CC1CCCCN1C(=O)COC(=O)c1ccc(Br)o1. The molecule has 6 heteroatoms. The Morgan fingerprint density at radius 1 is 1.47 bits per heavy atom. The van der Waals surface area contributed by atoms with Crippen molar-refractivity contribution in [3.05, 3.63) is 22.6 Å². The highest BCUT2D eigenvalue weighted by Gasteiger charge is 2.24. The molecule has 1 saturated heterocycles. The van der Waals surface area contributed by atoms with Gasteiger partial charge in [-0.2, -0.15) is 0 Å². The van der Waals surface area contributed by atoms with Gasteiger partial charge in [0.25, 0.3) is 5.91 Å². The van der Waals surface area contributed by atoms with Crippen molar-refractivity contribution in [3.8, 4) is 0 Å². The molecule has 5 nitrogen and oxygen atoms in total. The van der Waals surface area contributed by atoms with E-state index in [1.165, 1.54) is 6.07 Å². The molecule has 104 valence electrons. The molecule has 1 aromatic rings. The summed E-state index contributed by atoms with van der Waals surface area (Å²) < 4.78 is 10.5. The van der Waals surface area contributed by atoms with Crippen molar-refractivity contribution >= 4 is 27.8 Å². The Hall–Kier alpha value is -1.30. The zero-order valence-electron chi connectivity index (χ0n) is 10.7. The van der Waals surface area contributed by atoms with Gasteiger partial charge in [0.2, 0.25) is 5.76 Å². The molecule has 1 fully saturated rings. The number of esters is 1. The van der Waals surface area contributed by atoms with E-state index in [0.29, 0.717) is 4.67 Å². The molecule has 0 aromatic carbocycles. The predicted molar refractivity (Wildman–Crippen MR) is 71.7 cm³/mol. The average molecular weight is 330 g/mol. The lowest BCUT2D eigenvalue weighted by molar-refractivity contribution is -0.137. The number of hydrogen-bond acceptors (Lipinski definition) is 4. The van der Waals surface area contributed by atoms with Crippen LogP contribution in [0.1, 0.15) is 36.7 Å². The summed E-state index contributed by atoms with van der Waals surface area (Å²) in [4.78, 5) is 25.4. The van der Waals surface area contributed by atoms with Crippen LogP contribution in [0, 0.1) is 0 Å². The summed E-state index contributed by atoms with van der Waals surface area (Å²) in [5.41, 5.74) is 0. The molecule has 0 N–H and O–H groups in total. The first-order chi connectivity index (χ1) is 9.08. The van der Waals surface area contributed by atoms with Crippen LogP contribution in [0.5, 0.6) is 0 Å². The first kappa shape index (κ1) is 14.1. The van der Waals surface area contributed by atoms with Gasteiger partial charge >= 0.3 is 5.97 Å². The zero-order valence-corrected chi connectivity index (χ0v) is 12.3. The summed E-state index contributed by atoms with van der Waals surface area (Å²) in [6.07, 6.45) is 3.16. The van der Waals surface area contributed by atoms with Gasteiger partial charge in [-0.15, -0.1) is 0 Å². The van der Waals surface area contributed by atoms with Crippen molar-refractivity contribution in [1.82, 2.24) is 4.90 Å². The Morgan fingerprint density at radius 3 is 2.89 bits per heavy atom. The number of piperidine rings is 1. The summed E-state index contributed by atoms with van der Waals surface area (Å²) >= 11 is 3.10. The number of carbonyl (C=O) groups is 2. The highest BCUT2D eigenvalue weighted by Crippen LogP contribution is 2.17. The Kier molecular flexibility index (Phi) is 4.63.